The molecule has 2 aromatic rings. The summed E-state index contributed by atoms with van der Waals surface area (Å²) in [5.41, 5.74) is 1.58. The standard InChI is InChI=1S/C17H23FN2O/c1-3-17(4-2,12-21)11-19-10-14-9-15(18)8-13-6-5-7-20-16(13)14/h5-9,19,21H,3-4,10-12H2,1-2H3. The van der Waals surface area contributed by atoms with Crippen LogP contribution in [0.2, 0.25) is 0 Å². The maximum atomic E-state index is 13.7. The topological polar surface area (TPSA) is 45.1 Å². The smallest absolute Gasteiger partial charge is 0.124 e. The molecule has 0 unspecified atom stereocenters. The van der Waals surface area contributed by atoms with Crippen LogP contribution in [0.5, 0.6) is 0 Å². The van der Waals surface area contributed by atoms with Crippen molar-refractivity contribution in [3.05, 3.63) is 41.8 Å². The lowest BCUT2D eigenvalue weighted by atomic mass is 9.83. The van der Waals surface area contributed by atoms with Crippen LogP contribution in [0.3, 0.4) is 0 Å². The Kier molecular flexibility index (Phi) is 5.26. The van der Waals surface area contributed by atoms with Crippen LogP contribution >= 0.6 is 0 Å². The molecule has 1 heterocycles. The zero-order valence-corrected chi connectivity index (χ0v) is 12.7. The average Bonchev–Trinajstić information content (AvgIpc) is 2.52. The molecule has 0 saturated carbocycles. The van der Waals surface area contributed by atoms with Gasteiger partial charge in [0.05, 0.1) is 5.52 Å². The molecule has 0 aliphatic heterocycles. The van der Waals surface area contributed by atoms with Crippen molar-refractivity contribution in [1.82, 2.24) is 10.3 Å². The zero-order chi connectivity index (χ0) is 15.3. The Labute approximate surface area is 125 Å². The van der Waals surface area contributed by atoms with Gasteiger partial charge in [-0.2, -0.15) is 0 Å². The summed E-state index contributed by atoms with van der Waals surface area (Å²) in [5, 5.41) is 13.7. The minimum absolute atomic E-state index is 0.101. The van der Waals surface area contributed by atoms with E-state index in [1.807, 2.05) is 12.1 Å². The minimum Gasteiger partial charge on any atom is -0.396 e. The van der Waals surface area contributed by atoms with E-state index in [1.165, 1.54) is 12.1 Å². The highest BCUT2D eigenvalue weighted by Crippen LogP contribution is 2.25. The maximum Gasteiger partial charge on any atom is 0.124 e. The number of aliphatic hydroxyl groups excluding tert-OH is 1. The molecule has 0 radical (unpaired) electrons. The van der Waals surface area contributed by atoms with Gasteiger partial charge in [0.25, 0.3) is 0 Å². The van der Waals surface area contributed by atoms with E-state index in [0.29, 0.717) is 13.1 Å². The number of aliphatic hydroxyl groups is 1. The number of hydrogen-bond acceptors (Lipinski definition) is 3. The number of fused-ring (bicyclic) bond motifs is 1. The summed E-state index contributed by atoms with van der Waals surface area (Å²) in [7, 11) is 0. The van der Waals surface area contributed by atoms with Crippen LogP contribution in [0.1, 0.15) is 32.3 Å². The third-order valence-corrected chi connectivity index (χ3v) is 4.40. The van der Waals surface area contributed by atoms with Crippen molar-refractivity contribution in [2.24, 2.45) is 5.41 Å². The first-order valence-corrected chi connectivity index (χ1v) is 7.49. The molecule has 2 N–H and O–H groups in total. The summed E-state index contributed by atoms with van der Waals surface area (Å²) < 4.78 is 13.7. The second kappa shape index (κ2) is 6.96. The van der Waals surface area contributed by atoms with E-state index in [4.69, 9.17) is 0 Å². The van der Waals surface area contributed by atoms with Gasteiger partial charge in [-0.3, -0.25) is 4.98 Å². The molecule has 0 fully saturated rings. The Morgan fingerprint density at radius 1 is 1.29 bits per heavy atom. The van der Waals surface area contributed by atoms with E-state index in [9.17, 15) is 9.50 Å². The fraction of sp³-hybridized carbons (Fsp3) is 0.471. The van der Waals surface area contributed by atoms with Gasteiger partial charge in [0.2, 0.25) is 0 Å². The number of pyridine rings is 1. The van der Waals surface area contributed by atoms with Crippen LogP contribution in [0.15, 0.2) is 30.5 Å². The first-order valence-electron chi connectivity index (χ1n) is 7.49. The first-order chi connectivity index (χ1) is 10.1. The predicted molar refractivity (Wildman–Crippen MR) is 83.5 cm³/mol. The van der Waals surface area contributed by atoms with E-state index < -0.39 is 0 Å². The van der Waals surface area contributed by atoms with Crippen molar-refractivity contribution in [2.75, 3.05) is 13.2 Å². The second-order valence-electron chi connectivity index (χ2n) is 5.61. The summed E-state index contributed by atoms with van der Waals surface area (Å²) >= 11 is 0. The summed E-state index contributed by atoms with van der Waals surface area (Å²) in [5.74, 6) is -0.244. The average molecular weight is 290 g/mol. The van der Waals surface area contributed by atoms with E-state index in [-0.39, 0.29) is 17.8 Å². The third kappa shape index (κ3) is 3.57. The van der Waals surface area contributed by atoms with Crippen molar-refractivity contribution >= 4 is 10.9 Å². The molecule has 0 spiro atoms. The van der Waals surface area contributed by atoms with Gasteiger partial charge < -0.3 is 10.4 Å². The highest BCUT2D eigenvalue weighted by atomic mass is 19.1. The van der Waals surface area contributed by atoms with Gasteiger partial charge in [0.1, 0.15) is 5.82 Å². The van der Waals surface area contributed by atoms with Crippen molar-refractivity contribution in [2.45, 2.75) is 33.2 Å². The molecule has 114 valence electrons. The lowest BCUT2D eigenvalue weighted by molar-refractivity contribution is 0.113. The molecule has 1 aromatic heterocycles. The van der Waals surface area contributed by atoms with Gasteiger partial charge in [-0.05, 0) is 36.6 Å². The fourth-order valence-electron chi connectivity index (χ4n) is 2.60. The molecule has 2 rings (SSSR count). The van der Waals surface area contributed by atoms with Gasteiger partial charge in [-0.15, -0.1) is 0 Å². The molecule has 0 atom stereocenters. The van der Waals surface area contributed by atoms with Gasteiger partial charge in [0, 0.05) is 36.7 Å². The Hall–Kier alpha value is -1.52. The molecule has 4 heteroatoms. The van der Waals surface area contributed by atoms with Crippen LogP contribution < -0.4 is 5.32 Å². The number of hydrogen-bond donors (Lipinski definition) is 2. The van der Waals surface area contributed by atoms with E-state index in [1.54, 1.807) is 6.20 Å². The number of nitrogens with one attached hydrogen (secondary N) is 1. The molecule has 1 aromatic carbocycles. The summed E-state index contributed by atoms with van der Waals surface area (Å²) in [6, 6.07) is 6.71. The monoisotopic (exact) mass is 290 g/mol. The van der Waals surface area contributed by atoms with Crippen LogP contribution in [0.25, 0.3) is 10.9 Å². The molecule has 3 nitrogen and oxygen atoms in total. The zero-order valence-electron chi connectivity index (χ0n) is 12.7. The lowest BCUT2D eigenvalue weighted by Crippen LogP contribution is -2.36. The molecule has 0 aliphatic rings. The normalized spacial score (nSPS) is 12.0. The van der Waals surface area contributed by atoms with Crippen molar-refractivity contribution < 1.29 is 9.50 Å². The van der Waals surface area contributed by atoms with Crippen molar-refractivity contribution in [1.29, 1.82) is 0 Å². The van der Waals surface area contributed by atoms with Gasteiger partial charge in [0.15, 0.2) is 0 Å². The van der Waals surface area contributed by atoms with Gasteiger partial charge in [-0.25, -0.2) is 4.39 Å². The number of rotatable bonds is 7. The highest BCUT2D eigenvalue weighted by molar-refractivity contribution is 5.81. The van der Waals surface area contributed by atoms with E-state index >= 15 is 0 Å². The lowest BCUT2D eigenvalue weighted by Gasteiger charge is -2.29. The predicted octanol–water partition coefficient (Wildman–Crippen LogP) is 3.26. The van der Waals surface area contributed by atoms with Crippen LogP contribution in [-0.2, 0) is 6.54 Å². The Morgan fingerprint density at radius 2 is 2.05 bits per heavy atom. The first kappa shape index (κ1) is 15.9. The van der Waals surface area contributed by atoms with Crippen molar-refractivity contribution in [3.8, 4) is 0 Å². The quantitative estimate of drug-likeness (QED) is 0.822. The summed E-state index contributed by atoms with van der Waals surface area (Å²) in [4.78, 5) is 4.34. The molecule has 0 saturated heterocycles. The molecular formula is C17H23FN2O. The van der Waals surface area contributed by atoms with E-state index in [0.717, 1.165) is 29.3 Å². The van der Waals surface area contributed by atoms with Crippen LogP contribution in [-0.4, -0.2) is 23.2 Å². The third-order valence-electron chi connectivity index (χ3n) is 4.40. The summed E-state index contributed by atoms with van der Waals surface area (Å²) in [6.45, 7) is 5.59. The molecular weight excluding hydrogens is 267 g/mol. The Balaban J connectivity index is 2.13. The number of halogens is 1. The number of benzene rings is 1. The molecule has 0 bridgehead atoms. The minimum atomic E-state index is -0.244. The largest absolute Gasteiger partial charge is 0.396 e. The molecule has 21 heavy (non-hydrogen) atoms. The van der Waals surface area contributed by atoms with Crippen molar-refractivity contribution in [3.63, 3.8) is 0 Å². The number of aromatic nitrogens is 1. The van der Waals surface area contributed by atoms with Crippen LogP contribution in [0.4, 0.5) is 4.39 Å². The fourth-order valence-corrected chi connectivity index (χ4v) is 2.60. The van der Waals surface area contributed by atoms with Gasteiger partial charge >= 0.3 is 0 Å². The van der Waals surface area contributed by atoms with Crippen LogP contribution in [0, 0.1) is 11.2 Å². The second-order valence-corrected chi connectivity index (χ2v) is 5.61. The summed E-state index contributed by atoms with van der Waals surface area (Å²) in [6.07, 6.45) is 3.55. The maximum absolute atomic E-state index is 13.7. The van der Waals surface area contributed by atoms with Gasteiger partial charge in [-0.1, -0.05) is 19.9 Å². The Bertz CT molecular complexity index is 588. The SMILES string of the molecule is CCC(CC)(CO)CNCc1cc(F)cc2cccnc12. The number of nitrogens with zero attached hydrogens (tertiary/aromatic N) is 1. The van der Waals surface area contributed by atoms with E-state index in [2.05, 4.69) is 24.1 Å². The Morgan fingerprint density at radius 3 is 2.71 bits per heavy atom. The molecule has 0 amide bonds. The highest BCUT2D eigenvalue weighted by Gasteiger charge is 2.24. The molecule has 0 aliphatic carbocycles.